The summed E-state index contributed by atoms with van der Waals surface area (Å²) in [6, 6.07) is 9.72. The molecule has 0 radical (unpaired) electrons. The van der Waals surface area contributed by atoms with Crippen molar-refractivity contribution in [1.29, 1.82) is 0 Å². The van der Waals surface area contributed by atoms with Gasteiger partial charge in [0.2, 0.25) is 0 Å². The van der Waals surface area contributed by atoms with Crippen LogP contribution in [0.4, 0.5) is 10.1 Å². The molecule has 1 fully saturated rings. The highest BCUT2D eigenvalue weighted by Crippen LogP contribution is 2.35. The van der Waals surface area contributed by atoms with E-state index in [2.05, 4.69) is 11.1 Å². The van der Waals surface area contributed by atoms with E-state index in [9.17, 15) is 14.3 Å². The van der Waals surface area contributed by atoms with Gasteiger partial charge in [-0.3, -0.25) is 4.79 Å². The molecule has 0 aromatic heterocycles. The summed E-state index contributed by atoms with van der Waals surface area (Å²) in [5.41, 5.74) is 6.63. The van der Waals surface area contributed by atoms with Crippen LogP contribution in [0.3, 0.4) is 0 Å². The van der Waals surface area contributed by atoms with Gasteiger partial charge in [-0.2, -0.15) is 0 Å². The second-order valence-electron chi connectivity index (χ2n) is 6.61. The topological polar surface area (TPSA) is 75.4 Å². The minimum atomic E-state index is -0.517. The summed E-state index contributed by atoms with van der Waals surface area (Å²) in [4.78, 5) is 13.6. The number of nitrogens with one attached hydrogen (secondary N) is 1. The summed E-state index contributed by atoms with van der Waals surface area (Å²) >= 11 is 7.53. The summed E-state index contributed by atoms with van der Waals surface area (Å²) in [6.07, 6.45) is 3.46. The number of aliphatic hydroxyl groups excluding tert-OH is 1. The number of rotatable bonds is 4. The number of benzene rings is 2. The Morgan fingerprint density at radius 3 is 2.50 bits per heavy atom. The molecule has 1 amide bonds. The lowest BCUT2D eigenvalue weighted by Gasteiger charge is -2.25. The van der Waals surface area contributed by atoms with Gasteiger partial charge in [-0.05, 0) is 75.5 Å². The van der Waals surface area contributed by atoms with Gasteiger partial charge in [0.05, 0.1) is 11.1 Å². The largest absolute Gasteiger partial charge is 0.393 e. The standard InChI is InChI=1S/C20H21ClFNO2S.CH5N/c1-12-2-3-13(10-19(12)26-16-7-5-15(24)6-8-16)20(25)23-14-4-9-18(22)17(21)11-14;1-2/h2-4,9-11,15-16,24H,5-8H2,1H3,(H,23,25);2H2,1H3. The fourth-order valence-corrected chi connectivity index (χ4v) is 4.48. The average molecular weight is 425 g/mol. The Bertz CT molecular complexity index is 811. The lowest BCUT2D eigenvalue weighted by atomic mass is 9.97. The number of nitrogens with two attached hydrogens (primary N) is 1. The van der Waals surface area contributed by atoms with E-state index in [0.717, 1.165) is 36.1 Å². The molecule has 0 aliphatic heterocycles. The SMILES string of the molecule is CN.Cc1ccc(C(=O)Nc2ccc(F)c(Cl)c2)cc1SC1CCC(O)CC1. The number of hydrogen-bond acceptors (Lipinski definition) is 4. The van der Waals surface area contributed by atoms with Gasteiger partial charge in [0, 0.05) is 21.4 Å². The van der Waals surface area contributed by atoms with Crippen molar-refractivity contribution in [3.8, 4) is 0 Å². The highest BCUT2D eigenvalue weighted by atomic mass is 35.5. The minimum Gasteiger partial charge on any atom is -0.393 e. The number of carbonyl (C=O) groups excluding carboxylic acids is 1. The molecule has 3 rings (SSSR count). The third-order valence-electron chi connectivity index (χ3n) is 4.57. The molecule has 0 atom stereocenters. The first-order valence-electron chi connectivity index (χ1n) is 9.22. The van der Waals surface area contributed by atoms with E-state index in [4.69, 9.17) is 11.6 Å². The molecule has 7 heteroatoms. The maximum Gasteiger partial charge on any atom is 0.255 e. The smallest absolute Gasteiger partial charge is 0.255 e. The van der Waals surface area contributed by atoms with Gasteiger partial charge >= 0.3 is 0 Å². The molecule has 0 spiro atoms. The van der Waals surface area contributed by atoms with E-state index in [-0.39, 0.29) is 17.0 Å². The Labute approximate surface area is 174 Å². The summed E-state index contributed by atoms with van der Waals surface area (Å²) in [7, 11) is 1.50. The van der Waals surface area contributed by atoms with Crippen LogP contribution in [0.15, 0.2) is 41.3 Å². The normalized spacial score (nSPS) is 18.8. The van der Waals surface area contributed by atoms with Gasteiger partial charge in [-0.1, -0.05) is 17.7 Å². The van der Waals surface area contributed by atoms with Crippen LogP contribution in [-0.2, 0) is 0 Å². The molecule has 1 saturated carbocycles. The van der Waals surface area contributed by atoms with Crippen LogP contribution in [0.5, 0.6) is 0 Å². The molecule has 4 nitrogen and oxygen atoms in total. The Balaban J connectivity index is 0.00000136. The summed E-state index contributed by atoms with van der Waals surface area (Å²) in [5, 5.41) is 12.8. The molecule has 0 bridgehead atoms. The molecule has 4 N–H and O–H groups in total. The monoisotopic (exact) mass is 424 g/mol. The number of hydrogen-bond donors (Lipinski definition) is 3. The Hall–Kier alpha value is -1.60. The highest BCUT2D eigenvalue weighted by Gasteiger charge is 2.21. The summed E-state index contributed by atoms with van der Waals surface area (Å²) < 4.78 is 13.2. The number of carbonyl (C=O) groups is 1. The van der Waals surface area contributed by atoms with E-state index in [1.807, 2.05) is 19.1 Å². The van der Waals surface area contributed by atoms with Gasteiger partial charge in [0.15, 0.2) is 0 Å². The molecule has 0 saturated heterocycles. The van der Waals surface area contributed by atoms with Crippen LogP contribution < -0.4 is 11.1 Å². The molecule has 0 unspecified atom stereocenters. The highest BCUT2D eigenvalue weighted by molar-refractivity contribution is 8.00. The van der Waals surface area contributed by atoms with Crippen molar-refractivity contribution in [2.75, 3.05) is 12.4 Å². The maximum absolute atomic E-state index is 13.2. The quantitative estimate of drug-likeness (QED) is 0.644. The molecule has 152 valence electrons. The second kappa shape index (κ2) is 10.8. The fraction of sp³-hybridized carbons (Fsp3) is 0.381. The van der Waals surface area contributed by atoms with Crippen LogP contribution in [0.2, 0.25) is 5.02 Å². The first-order chi connectivity index (χ1) is 13.4. The van der Waals surface area contributed by atoms with Crippen molar-refractivity contribution in [2.24, 2.45) is 5.73 Å². The number of aryl methyl sites for hydroxylation is 1. The number of halogens is 2. The lowest BCUT2D eigenvalue weighted by Crippen LogP contribution is -2.19. The number of anilines is 1. The lowest BCUT2D eigenvalue weighted by molar-refractivity contribution is 0.102. The van der Waals surface area contributed by atoms with Crippen LogP contribution in [0.1, 0.15) is 41.6 Å². The van der Waals surface area contributed by atoms with Gasteiger partial charge in [0.25, 0.3) is 5.91 Å². The third kappa shape index (κ3) is 6.21. The zero-order chi connectivity index (χ0) is 20.7. The fourth-order valence-electron chi connectivity index (χ4n) is 2.99. The van der Waals surface area contributed by atoms with Crippen molar-refractivity contribution in [3.63, 3.8) is 0 Å². The Kier molecular flexibility index (Phi) is 8.76. The second-order valence-corrected chi connectivity index (χ2v) is 8.36. The van der Waals surface area contributed by atoms with E-state index < -0.39 is 5.82 Å². The predicted molar refractivity (Wildman–Crippen MR) is 115 cm³/mol. The van der Waals surface area contributed by atoms with Crippen LogP contribution in [0.25, 0.3) is 0 Å². The molecule has 2 aromatic rings. The number of amides is 1. The molecule has 28 heavy (non-hydrogen) atoms. The van der Waals surface area contributed by atoms with Crippen LogP contribution in [0, 0.1) is 12.7 Å². The van der Waals surface area contributed by atoms with Gasteiger partial charge < -0.3 is 16.2 Å². The van der Waals surface area contributed by atoms with Gasteiger partial charge in [-0.15, -0.1) is 11.8 Å². The van der Waals surface area contributed by atoms with Gasteiger partial charge in [-0.25, -0.2) is 4.39 Å². The van der Waals surface area contributed by atoms with Crippen LogP contribution in [-0.4, -0.2) is 29.4 Å². The molecule has 0 heterocycles. The van der Waals surface area contributed by atoms with Crippen molar-refractivity contribution >= 4 is 35.0 Å². The van der Waals surface area contributed by atoms with E-state index in [0.29, 0.717) is 16.5 Å². The molecule has 1 aliphatic rings. The summed E-state index contributed by atoms with van der Waals surface area (Å²) in [5.74, 6) is -0.773. The molecular weight excluding hydrogens is 399 g/mol. The zero-order valence-electron chi connectivity index (χ0n) is 16.0. The van der Waals surface area contributed by atoms with E-state index >= 15 is 0 Å². The maximum atomic E-state index is 13.2. The van der Waals surface area contributed by atoms with Crippen molar-refractivity contribution in [3.05, 3.63) is 58.4 Å². The minimum absolute atomic E-state index is 0.0255. The van der Waals surface area contributed by atoms with E-state index in [1.54, 1.807) is 17.8 Å². The molecular formula is C21H26ClFN2O2S. The molecule has 1 aliphatic carbocycles. The predicted octanol–water partition coefficient (Wildman–Crippen LogP) is 5.01. The number of thioether (sulfide) groups is 1. The third-order valence-corrected chi connectivity index (χ3v) is 6.35. The van der Waals surface area contributed by atoms with Crippen molar-refractivity contribution in [1.82, 2.24) is 0 Å². The first kappa shape index (κ1) is 22.7. The average Bonchev–Trinajstić information content (AvgIpc) is 2.69. The van der Waals surface area contributed by atoms with Crippen LogP contribution >= 0.6 is 23.4 Å². The van der Waals surface area contributed by atoms with Crippen molar-refractivity contribution in [2.45, 2.75) is 48.9 Å². The number of aliphatic hydroxyl groups is 1. The zero-order valence-corrected chi connectivity index (χ0v) is 17.6. The molecule has 2 aromatic carbocycles. The summed E-state index contributed by atoms with van der Waals surface area (Å²) in [6.45, 7) is 2.03. The van der Waals surface area contributed by atoms with Gasteiger partial charge in [0.1, 0.15) is 5.82 Å². The van der Waals surface area contributed by atoms with E-state index in [1.165, 1.54) is 25.2 Å². The Morgan fingerprint density at radius 1 is 1.18 bits per heavy atom. The van der Waals surface area contributed by atoms with Crippen molar-refractivity contribution < 1.29 is 14.3 Å². The Morgan fingerprint density at radius 2 is 1.86 bits per heavy atom. The first-order valence-corrected chi connectivity index (χ1v) is 10.5.